The van der Waals surface area contributed by atoms with E-state index >= 15 is 0 Å². The number of aromatic hydroxyl groups is 1. The Balaban J connectivity index is 2.52. The van der Waals surface area contributed by atoms with E-state index in [1.165, 1.54) is 0 Å². The van der Waals surface area contributed by atoms with Crippen LogP contribution < -0.4 is 5.32 Å². The second kappa shape index (κ2) is 5.74. The van der Waals surface area contributed by atoms with Gasteiger partial charge < -0.3 is 10.4 Å². The van der Waals surface area contributed by atoms with Crippen molar-refractivity contribution in [1.29, 1.82) is 0 Å². The Bertz CT molecular complexity index is 351. The van der Waals surface area contributed by atoms with Crippen molar-refractivity contribution >= 4 is 11.6 Å². The molecule has 1 aromatic carbocycles. The van der Waals surface area contributed by atoms with E-state index in [2.05, 4.69) is 33.0 Å². The molecule has 17 heavy (non-hydrogen) atoms. The molecule has 0 bridgehead atoms. The molecule has 0 saturated carbocycles. The van der Waals surface area contributed by atoms with Gasteiger partial charge in [-0.1, -0.05) is 45.4 Å². The van der Waals surface area contributed by atoms with Gasteiger partial charge >= 0.3 is 0 Å². The predicted molar refractivity (Wildman–Crippen MR) is 73.4 cm³/mol. The van der Waals surface area contributed by atoms with E-state index in [1.807, 2.05) is 0 Å². The average Bonchev–Trinajstić information content (AvgIpc) is 2.20. The molecule has 0 heterocycles. The lowest BCUT2D eigenvalue weighted by Crippen LogP contribution is -2.29. The summed E-state index contributed by atoms with van der Waals surface area (Å²) in [7, 11) is 0. The molecule has 1 aromatic rings. The molecular formula is C14H22ClNO. The topological polar surface area (TPSA) is 32.3 Å². The van der Waals surface area contributed by atoms with Crippen LogP contribution in [0.3, 0.4) is 0 Å². The number of phenolic OH excluding ortho intramolecular Hbond substituents is 1. The van der Waals surface area contributed by atoms with E-state index in [4.69, 9.17) is 11.6 Å². The Hall–Kier alpha value is -0.730. The third-order valence-electron chi connectivity index (χ3n) is 3.32. The maximum absolute atomic E-state index is 9.69. The van der Waals surface area contributed by atoms with Crippen LogP contribution in [-0.2, 0) is 6.54 Å². The second-order valence-electron chi connectivity index (χ2n) is 5.64. The van der Waals surface area contributed by atoms with Crippen LogP contribution >= 0.6 is 11.6 Å². The molecule has 0 aliphatic heterocycles. The summed E-state index contributed by atoms with van der Waals surface area (Å²) in [6.07, 6.45) is 0. The molecule has 0 fully saturated rings. The third kappa shape index (κ3) is 4.21. The first-order chi connectivity index (χ1) is 7.82. The molecule has 0 aliphatic rings. The molecule has 1 rings (SSSR count). The first-order valence-electron chi connectivity index (χ1n) is 5.99. The van der Waals surface area contributed by atoms with Gasteiger partial charge in [-0.25, -0.2) is 0 Å². The molecule has 1 atom stereocenters. The summed E-state index contributed by atoms with van der Waals surface area (Å²) in [5.41, 5.74) is 1.06. The van der Waals surface area contributed by atoms with Crippen LogP contribution in [0, 0.1) is 11.3 Å². The molecule has 2 N–H and O–H groups in total. The normalized spacial score (nSPS) is 13.7. The number of rotatable bonds is 4. The zero-order valence-corrected chi connectivity index (χ0v) is 11.8. The molecule has 0 amide bonds. The highest BCUT2D eigenvalue weighted by atomic mass is 35.5. The quantitative estimate of drug-likeness (QED) is 0.857. The molecule has 96 valence electrons. The Morgan fingerprint density at radius 1 is 1.35 bits per heavy atom. The molecule has 0 spiro atoms. The van der Waals surface area contributed by atoms with Crippen LogP contribution in [0.2, 0.25) is 5.02 Å². The van der Waals surface area contributed by atoms with Gasteiger partial charge in [-0.2, -0.15) is 0 Å². The summed E-state index contributed by atoms with van der Waals surface area (Å²) in [5, 5.41) is 13.6. The summed E-state index contributed by atoms with van der Waals surface area (Å²) in [6.45, 7) is 10.4. The Morgan fingerprint density at radius 2 is 2.00 bits per heavy atom. The largest absolute Gasteiger partial charge is 0.508 e. The van der Waals surface area contributed by atoms with Crippen molar-refractivity contribution in [2.45, 2.75) is 34.2 Å². The number of phenols is 1. The van der Waals surface area contributed by atoms with Crippen LogP contribution in [-0.4, -0.2) is 11.7 Å². The lowest BCUT2D eigenvalue weighted by molar-refractivity contribution is 0.252. The highest BCUT2D eigenvalue weighted by Crippen LogP contribution is 2.26. The number of hydrogen-bond donors (Lipinski definition) is 2. The highest BCUT2D eigenvalue weighted by Gasteiger charge is 2.19. The zero-order chi connectivity index (χ0) is 13.1. The fraction of sp³-hybridized carbons (Fsp3) is 0.571. The van der Waals surface area contributed by atoms with Crippen LogP contribution in [0.1, 0.15) is 33.3 Å². The van der Waals surface area contributed by atoms with Gasteiger partial charge in [0, 0.05) is 17.1 Å². The van der Waals surface area contributed by atoms with Gasteiger partial charge in [-0.3, -0.25) is 0 Å². The van der Waals surface area contributed by atoms with Crippen molar-refractivity contribution < 1.29 is 5.11 Å². The number of benzene rings is 1. The first-order valence-corrected chi connectivity index (χ1v) is 6.37. The fourth-order valence-corrected chi connectivity index (χ4v) is 1.68. The van der Waals surface area contributed by atoms with Gasteiger partial charge in [0.05, 0.1) is 0 Å². The molecule has 2 nitrogen and oxygen atoms in total. The van der Waals surface area contributed by atoms with E-state index in [9.17, 15) is 5.11 Å². The van der Waals surface area contributed by atoms with Gasteiger partial charge in [0.1, 0.15) is 5.75 Å². The third-order valence-corrected chi connectivity index (χ3v) is 3.68. The van der Waals surface area contributed by atoms with Gasteiger partial charge in [-0.15, -0.1) is 0 Å². The summed E-state index contributed by atoms with van der Waals surface area (Å²) in [5.74, 6) is 0.820. The van der Waals surface area contributed by atoms with Gasteiger partial charge in [0.2, 0.25) is 0 Å². The Morgan fingerprint density at radius 3 is 2.53 bits per heavy atom. The fourth-order valence-electron chi connectivity index (χ4n) is 1.44. The number of hydrogen-bond acceptors (Lipinski definition) is 2. The first kappa shape index (κ1) is 14.3. The van der Waals surface area contributed by atoms with Crippen molar-refractivity contribution in [3.63, 3.8) is 0 Å². The minimum Gasteiger partial charge on any atom is -0.508 e. The molecule has 0 aliphatic carbocycles. The Labute approximate surface area is 109 Å². The second-order valence-corrected chi connectivity index (χ2v) is 6.04. The van der Waals surface area contributed by atoms with Crippen molar-refractivity contribution in [2.75, 3.05) is 6.54 Å². The van der Waals surface area contributed by atoms with Crippen molar-refractivity contribution in [2.24, 2.45) is 11.3 Å². The maximum atomic E-state index is 9.69. The predicted octanol–water partition coefficient (Wildman–Crippen LogP) is 3.82. The smallest absolute Gasteiger partial charge is 0.121 e. The van der Waals surface area contributed by atoms with Crippen LogP contribution in [0.25, 0.3) is 0 Å². The molecule has 0 saturated heterocycles. The molecule has 3 heteroatoms. The summed E-state index contributed by atoms with van der Waals surface area (Å²) >= 11 is 6.03. The van der Waals surface area contributed by atoms with E-state index in [-0.39, 0.29) is 11.2 Å². The molecular weight excluding hydrogens is 234 g/mol. The van der Waals surface area contributed by atoms with Gasteiger partial charge in [0.15, 0.2) is 0 Å². The lowest BCUT2D eigenvalue weighted by Gasteiger charge is -2.27. The SMILES string of the molecule is CC(CNCc1c(O)cccc1Cl)C(C)(C)C. The van der Waals surface area contributed by atoms with E-state index in [1.54, 1.807) is 18.2 Å². The molecule has 0 radical (unpaired) electrons. The zero-order valence-electron chi connectivity index (χ0n) is 11.0. The van der Waals surface area contributed by atoms with E-state index in [0.29, 0.717) is 17.5 Å². The van der Waals surface area contributed by atoms with E-state index < -0.39 is 0 Å². The molecule has 0 aromatic heterocycles. The summed E-state index contributed by atoms with van der Waals surface area (Å²) in [6, 6.07) is 5.21. The average molecular weight is 256 g/mol. The van der Waals surface area contributed by atoms with Crippen molar-refractivity contribution in [3.05, 3.63) is 28.8 Å². The summed E-state index contributed by atoms with van der Waals surface area (Å²) < 4.78 is 0. The Kier molecular flexibility index (Phi) is 4.84. The monoisotopic (exact) mass is 255 g/mol. The van der Waals surface area contributed by atoms with Crippen LogP contribution in [0.4, 0.5) is 0 Å². The molecule has 1 unspecified atom stereocenters. The highest BCUT2D eigenvalue weighted by molar-refractivity contribution is 6.31. The van der Waals surface area contributed by atoms with Crippen LogP contribution in [0.15, 0.2) is 18.2 Å². The van der Waals surface area contributed by atoms with Gasteiger partial charge in [0.25, 0.3) is 0 Å². The maximum Gasteiger partial charge on any atom is 0.121 e. The van der Waals surface area contributed by atoms with Gasteiger partial charge in [-0.05, 0) is 30.0 Å². The minimum atomic E-state index is 0.258. The van der Waals surface area contributed by atoms with Crippen LogP contribution in [0.5, 0.6) is 5.75 Å². The standard InChI is InChI=1S/C14H22ClNO/c1-10(14(2,3)4)8-16-9-11-12(15)6-5-7-13(11)17/h5-7,10,16-17H,8-9H2,1-4H3. The van der Waals surface area contributed by atoms with Crippen molar-refractivity contribution in [3.8, 4) is 5.75 Å². The lowest BCUT2D eigenvalue weighted by atomic mass is 9.82. The minimum absolute atomic E-state index is 0.258. The number of halogens is 1. The number of nitrogens with one attached hydrogen (secondary N) is 1. The van der Waals surface area contributed by atoms with Crippen molar-refractivity contribution in [1.82, 2.24) is 5.32 Å². The summed E-state index contributed by atoms with van der Waals surface area (Å²) in [4.78, 5) is 0. The van der Waals surface area contributed by atoms with E-state index in [0.717, 1.165) is 12.1 Å².